The fourth-order valence-electron chi connectivity index (χ4n) is 4.46. The molecule has 2 saturated heterocycles. The standard InChI is InChI=1S/C23H28BrN3O5S2/c24-21-6-4-5-19(17-21)18-33(29,30)26-11-9-20(10-12-26)23(28)25-13-15-27(16-14-25)34(31,32)22-7-2-1-3-8-22/h1-8,17,20H,9-16,18H2. The fraction of sp³-hybridized carbons (Fsp3) is 0.435. The van der Waals surface area contributed by atoms with Crippen LogP contribution in [0.4, 0.5) is 0 Å². The molecule has 0 aromatic heterocycles. The minimum absolute atomic E-state index is 0.0132. The molecule has 2 heterocycles. The van der Waals surface area contributed by atoms with Crippen molar-refractivity contribution in [3.05, 3.63) is 64.6 Å². The quantitative estimate of drug-likeness (QED) is 0.532. The van der Waals surface area contributed by atoms with Crippen molar-refractivity contribution in [1.29, 1.82) is 0 Å². The van der Waals surface area contributed by atoms with Crippen LogP contribution in [0.15, 0.2) is 64.0 Å². The fourth-order valence-corrected chi connectivity index (χ4v) is 7.90. The smallest absolute Gasteiger partial charge is 0.243 e. The highest BCUT2D eigenvalue weighted by molar-refractivity contribution is 9.10. The highest BCUT2D eigenvalue weighted by Gasteiger charge is 2.35. The molecule has 0 saturated carbocycles. The molecular formula is C23H28BrN3O5S2. The molecule has 8 nitrogen and oxygen atoms in total. The molecule has 0 unspecified atom stereocenters. The summed E-state index contributed by atoms with van der Waals surface area (Å²) in [4.78, 5) is 15.0. The molecule has 0 radical (unpaired) electrons. The van der Waals surface area contributed by atoms with E-state index in [2.05, 4.69) is 15.9 Å². The molecule has 0 N–H and O–H groups in total. The normalized spacial score (nSPS) is 19.3. The van der Waals surface area contributed by atoms with Crippen molar-refractivity contribution in [2.75, 3.05) is 39.3 Å². The maximum atomic E-state index is 13.0. The van der Waals surface area contributed by atoms with E-state index >= 15 is 0 Å². The van der Waals surface area contributed by atoms with Gasteiger partial charge in [0.05, 0.1) is 10.6 Å². The van der Waals surface area contributed by atoms with Gasteiger partial charge >= 0.3 is 0 Å². The summed E-state index contributed by atoms with van der Waals surface area (Å²) in [5.41, 5.74) is 0.718. The molecule has 11 heteroatoms. The van der Waals surface area contributed by atoms with Crippen LogP contribution in [0.25, 0.3) is 0 Å². The molecule has 34 heavy (non-hydrogen) atoms. The molecule has 184 valence electrons. The number of rotatable bonds is 6. The van der Waals surface area contributed by atoms with Crippen molar-refractivity contribution in [1.82, 2.24) is 13.5 Å². The molecule has 2 aromatic carbocycles. The van der Waals surface area contributed by atoms with Crippen LogP contribution in [-0.4, -0.2) is 75.5 Å². The highest BCUT2D eigenvalue weighted by atomic mass is 79.9. The van der Waals surface area contributed by atoms with Crippen LogP contribution in [0.5, 0.6) is 0 Å². The number of piperazine rings is 1. The zero-order valence-electron chi connectivity index (χ0n) is 18.7. The second kappa shape index (κ2) is 10.4. The molecule has 2 aromatic rings. The summed E-state index contributed by atoms with van der Waals surface area (Å²) >= 11 is 3.37. The van der Waals surface area contributed by atoms with E-state index in [1.54, 1.807) is 47.4 Å². The number of halogens is 1. The zero-order valence-corrected chi connectivity index (χ0v) is 21.9. The predicted octanol–water partition coefficient (Wildman–Crippen LogP) is 2.52. The van der Waals surface area contributed by atoms with Gasteiger partial charge in [-0.15, -0.1) is 0 Å². The predicted molar refractivity (Wildman–Crippen MR) is 133 cm³/mol. The van der Waals surface area contributed by atoms with Crippen molar-refractivity contribution in [3.8, 4) is 0 Å². The lowest BCUT2D eigenvalue weighted by molar-refractivity contribution is -0.137. The van der Waals surface area contributed by atoms with Gasteiger partial charge in [0.1, 0.15) is 0 Å². The van der Waals surface area contributed by atoms with Gasteiger partial charge in [-0.05, 0) is 42.7 Å². The average molecular weight is 571 g/mol. The number of hydrogen-bond acceptors (Lipinski definition) is 5. The van der Waals surface area contributed by atoms with Crippen LogP contribution in [0, 0.1) is 5.92 Å². The first kappa shape index (κ1) is 25.3. The molecule has 0 aliphatic carbocycles. The Bertz CT molecular complexity index is 1220. The Balaban J connectivity index is 1.29. The van der Waals surface area contributed by atoms with Gasteiger partial charge in [0.15, 0.2) is 0 Å². The summed E-state index contributed by atoms with van der Waals surface area (Å²) in [7, 11) is -7.03. The first-order valence-corrected chi connectivity index (χ1v) is 15.1. The topological polar surface area (TPSA) is 95.1 Å². The van der Waals surface area contributed by atoms with E-state index in [0.717, 1.165) is 10.0 Å². The van der Waals surface area contributed by atoms with Gasteiger partial charge in [0.2, 0.25) is 26.0 Å². The Kier molecular flexibility index (Phi) is 7.78. The van der Waals surface area contributed by atoms with Crippen LogP contribution in [0.2, 0.25) is 0 Å². The van der Waals surface area contributed by atoms with Gasteiger partial charge in [0.25, 0.3) is 0 Å². The lowest BCUT2D eigenvalue weighted by atomic mass is 9.96. The molecule has 2 fully saturated rings. The number of hydrogen-bond donors (Lipinski definition) is 0. The lowest BCUT2D eigenvalue weighted by Crippen LogP contribution is -2.53. The van der Waals surface area contributed by atoms with Gasteiger partial charge in [-0.25, -0.2) is 21.1 Å². The van der Waals surface area contributed by atoms with Crippen molar-refractivity contribution >= 4 is 41.9 Å². The van der Waals surface area contributed by atoms with E-state index < -0.39 is 20.0 Å². The van der Waals surface area contributed by atoms with Crippen LogP contribution in [-0.2, 0) is 30.6 Å². The third-order valence-electron chi connectivity index (χ3n) is 6.37. The minimum atomic E-state index is -3.57. The molecule has 4 rings (SSSR count). The zero-order chi connectivity index (χ0) is 24.3. The molecular weight excluding hydrogens is 542 g/mol. The average Bonchev–Trinajstić information content (AvgIpc) is 2.84. The SMILES string of the molecule is O=C(C1CCN(S(=O)(=O)Cc2cccc(Br)c2)CC1)N1CCN(S(=O)(=O)c2ccccc2)CC1. The highest BCUT2D eigenvalue weighted by Crippen LogP contribution is 2.25. The van der Waals surface area contributed by atoms with Crippen molar-refractivity contribution < 1.29 is 21.6 Å². The van der Waals surface area contributed by atoms with E-state index in [0.29, 0.717) is 39.0 Å². The third kappa shape index (κ3) is 5.71. The molecule has 2 aliphatic rings. The monoisotopic (exact) mass is 569 g/mol. The second-order valence-electron chi connectivity index (χ2n) is 8.60. The third-order valence-corrected chi connectivity index (χ3v) is 10.6. The maximum Gasteiger partial charge on any atom is 0.243 e. The van der Waals surface area contributed by atoms with Crippen molar-refractivity contribution in [2.45, 2.75) is 23.5 Å². The number of sulfonamides is 2. The number of amides is 1. The largest absolute Gasteiger partial charge is 0.340 e. The lowest BCUT2D eigenvalue weighted by Gasteiger charge is -2.37. The summed E-state index contributed by atoms with van der Waals surface area (Å²) in [6, 6.07) is 15.6. The van der Waals surface area contributed by atoms with Gasteiger partial charge in [-0.1, -0.05) is 46.3 Å². The van der Waals surface area contributed by atoms with E-state index in [4.69, 9.17) is 0 Å². The summed E-state index contributed by atoms with van der Waals surface area (Å²) in [6.07, 6.45) is 0.943. The first-order valence-electron chi connectivity index (χ1n) is 11.2. The molecule has 2 aliphatic heterocycles. The second-order valence-corrected chi connectivity index (χ2v) is 13.4. The van der Waals surface area contributed by atoms with Gasteiger partial charge in [0, 0.05) is 49.7 Å². The molecule has 0 atom stereocenters. The summed E-state index contributed by atoms with van der Waals surface area (Å²) in [5.74, 6) is -0.321. The molecule has 0 bridgehead atoms. The minimum Gasteiger partial charge on any atom is -0.340 e. The first-order chi connectivity index (χ1) is 16.2. The van der Waals surface area contributed by atoms with Crippen molar-refractivity contribution in [3.63, 3.8) is 0 Å². The van der Waals surface area contributed by atoms with E-state index in [9.17, 15) is 21.6 Å². The van der Waals surface area contributed by atoms with Crippen LogP contribution in [0.1, 0.15) is 18.4 Å². The summed E-state index contributed by atoms with van der Waals surface area (Å²) in [5, 5.41) is 0. The Morgan fingerprint density at radius 1 is 0.824 bits per heavy atom. The Morgan fingerprint density at radius 2 is 1.47 bits per heavy atom. The van der Waals surface area contributed by atoms with Gasteiger partial charge in [-0.3, -0.25) is 4.79 Å². The molecule has 0 spiro atoms. The Morgan fingerprint density at radius 3 is 2.09 bits per heavy atom. The number of piperidine rings is 1. The number of benzene rings is 2. The van der Waals surface area contributed by atoms with Crippen molar-refractivity contribution in [2.24, 2.45) is 5.92 Å². The number of carbonyl (C=O) groups excluding carboxylic acids is 1. The van der Waals surface area contributed by atoms with Crippen LogP contribution in [0.3, 0.4) is 0 Å². The van der Waals surface area contributed by atoms with E-state index in [1.807, 2.05) is 12.1 Å². The van der Waals surface area contributed by atoms with Crippen LogP contribution < -0.4 is 0 Å². The van der Waals surface area contributed by atoms with E-state index in [-0.39, 0.29) is 35.6 Å². The van der Waals surface area contributed by atoms with Crippen LogP contribution >= 0.6 is 15.9 Å². The number of nitrogens with zero attached hydrogens (tertiary/aromatic N) is 3. The Hall–Kier alpha value is -1.79. The summed E-state index contributed by atoms with van der Waals surface area (Å²) < 4.78 is 55.0. The van der Waals surface area contributed by atoms with Gasteiger partial charge in [-0.2, -0.15) is 4.31 Å². The molecule has 1 amide bonds. The maximum absolute atomic E-state index is 13.0. The Labute approximate surface area is 209 Å². The van der Waals surface area contributed by atoms with E-state index in [1.165, 1.54) is 8.61 Å². The van der Waals surface area contributed by atoms with Gasteiger partial charge < -0.3 is 4.90 Å². The summed E-state index contributed by atoms with van der Waals surface area (Å²) in [6.45, 7) is 1.81. The number of carbonyl (C=O) groups is 1.